The first kappa shape index (κ1) is 76.2. The standard InChI is InChI=1S/C70H129NO8/c1-6-8-10-12-14-16-18-20-22-24-25-26-27-28-29-30-31-32-33-34-35-36-37-38-39-40-41-42-43-45-47-49-51-53-55-57-59-61-68(73)79-66(65-78-70(69(74)75)76-63-62-71(3,4)5)64-77-67(72)60-58-56-54-52-50-48-46-44-23-21-19-17-15-13-11-9-7-2/h8,10,14,16,20,22,25-26,66,70H,6-7,9,11-13,15,17-19,21,23-24,27-65H2,1-5H3/b10-8-,16-14-,22-20-,26-25-. The Labute approximate surface area is 489 Å². The zero-order valence-electron chi connectivity index (χ0n) is 52.8. The lowest BCUT2D eigenvalue weighted by Crippen LogP contribution is -2.44. The minimum atomic E-state index is -1.62. The van der Waals surface area contributed by atoms with Crippen LogP contribution in [0.25, 0.3) is 0 Å². The summed E-state index contributed by atoms with van der Waals surface area (Å²) in [5.74, 6) is -2.26. The van der Waals surface area contributed by atoms with E-state index in [4.69, 9.17) is 18.9 Å². The molecule has 79 heavy (non-hydrogen) atoms. The number of nitrogens with zero attached hydrogens (tertiary/aromatic N) is 1. The maximum absolute atomic E-state index is 12.9. The molecule has 0 aliphatic carbocycles. The van der Waals surface area contributed by atoms with Gasteiger partial charge in [-0.3, -0.25) is 9.59 Å². The average molecular weight is 1110 g/mol. The number of quaternary nitrogens is 1. The number of esters is 2. The Balaban J connectivity index is 3.98. The summed E-state index contributed by atoms with van der Waals surface area (Å²) in [5, 5.41) is 11.8. The summed E-state index contributed by atoms with van der Waals surface area (Å²) in [6.07, 6.45) is 74.8. The lowest BCUT2D eigenvalue weighted by Gasteiger charge is -2.26. The molecule has 9 nitrogen and oxygen atoms in total. The Bertz CT molecular complexity index is 1430. The second-order valence-electron chi connectivity index (χ2n) is 24.1. The van der Waals surface area contributed by atoms with E-state index in [1.165, 1.54) is 231 Å². The first-order valence-corrected chi connectivity index (χ1v) is 33.8. The van der Waals surface area contributed by atoms with Crippen LogP contribution in [-0.4, -0.2) is 82.3 Å². The minimum absolute atomic E-state index is 0.151. The van der Waals surface area contributed by atoms with Crippen molar-refractivity contribution in [3.63, 3.8) is 0 Å². The van der Waals surface area contributed by atoms with Crippen LogP contribution in [0.5, 0.6) is 0 Å². The van der Waals surface area contributed by atoms with Crippen LogP contribution in [0.15, 0.2) is 48.6 Å². The normalized spacial score (nSPS) is 13.0. The van der Waals surface area contributed by atoms with E-state index in [0.717, 1.165) is 64.2 Å². The Morgan fingerprint density at radius 2 is 0.722 bits per heavy atom. The molecule has 0 saturated carbocycles. The highest BCUT2D eigenvalue weighted by Gasteiger charge is 2.22. The Morgan fingerprint density at radius 3 is 1.08 bits per heavy atom. The van der Waals surface area contributed by atoms with E-state index >= 15 is 0 Å². The number of unbranched alkanes of at least 4 members (excludes halogenated alkanes) is 40. The maximum atomic E-state index is 12.9. The lowest BCUT2D eigenvalue weighted by atomic mass is 10.0. The van der Waals surface area contributed by atoms with Crippen molar-refractivity contribution in [3.8, 4) is 0 Å². The summed E-state index contributed by atoms with van der Waals surface area (Å²) < 4.78 is 22.8. The Morgan fingerprint density at radius 1 is 0.392 bits per heavy atom. The molecule has 0 spiro atoms. The average Bonchev–Trinajstić information content (AvgIpc) is 3.42. The third kappa shape index (κ3) is 62.7. The molecule has 0 rings (SSSR count). The summed E-state index contributed by atoms with van der Waals surface area (Å²) in [5.41, 5.74) is 0. The smallest absolute Gasteiger partial charge is 0.306 e. The van der Waals surface area contributed by atoms with Crippen LogP contribution in [0.4, 0.5) is 0 Å². The van der Waals surface area contributed by atoms with Gasteiger partial charge < -0.3 is 33.3 Å². The van der Waals surface area contributed by atoms with E-state index in [9.17, 15) is 19.5 Å². The van der Waals surface area contributed by atoms with Crippen molar-refractivity contribution in [1.82, 2.24) is 0 Å². The third-order valence-corrected chi connectivity index (χ3v) is 15.1. The number of aliphatic carboxylic acids is 1. The van der Waals surface area contributed by atoms with Gasteiger partial charge in [0.05, 0.1) is 40.3 Å². The topological polar surface area (TPSA) is 111 Å². The SMILES string of the molecule is CC/C=C\C/C=C\C/C=C\C/C=C\CCCCCCCCCCCCCCCCCCCCCCCCCCC(=O)OC(COC(=O)CCCCCCCCCCCCCCCCCCC)COC(OCC[N+](C)(C)C)C(=O)[O-]. The van der Waals surface area contributed by atoms with Crippen molar-refractivity contribution in [2.24, 2.45) is 0 Å². The van der Waals surface area contributed by atoms with E-state index in [2.05, 4.69) is 62.5 Å². The van der Waals surface area contributed by atoms with Gasteiger partial charge in [-0.25, -0.2) is 0 Å². The van der Waals surface area contributed by atoms with Crippen LogP contribution in [0.1, 0.15) is 322 Å². The number of rotatable bonds is 63. The molecule has 2 atom stereocenters. The van der Waals surface area contributed by atoms with Gasteiger partial charge >= 0.3 is 11.9 Å². The van der Waals surface area contributed by atoms with E-state index in [-0.39, 0.29) is 32.2 Å². The fourth-order valence-electron chi connectivity index (χ4n) is 9.94. The summed E-state index contributed by atoms with van der Waals surface area (Å²) in [6, 6.07) is 0. The van der Waals surface area contributed by atoms with Gasteiger partial charge in [0.2, 0.25) is 0 Å². The number of hydrogen-bond donors (Lipinski definition) is 0. The van der Waals surface area contributed by atoms with Crippen LogP contribution >= 0.6 is 0 Å². The van der Waals surface area contributed by atoms with E-state index in [1.54, 1.807) is 0 Å². The predicted octanol–water partition coefficient (Wildman–Crippen LogP) is 19.2. The number of likely N-dealkylation sites (N-methyl/N-ethyl adjacent to an activating group) is 1. The number of hydrogen-bond acceptors (Lipinski definition) is 8. The van der Waals surface area contributed by atoms with Gasteiger partial charge in [-0.15, -0.1) is 0 Å². The first-order valence-electron chi connectivity index (χ1n) is 33.8. The number of carbonyl (C=O) groups is 3. The van der Waals surface area contributed by atoms with Gasteiger partial charge in [-0.2, -0.15) is 0 Å². The first-order chi connectivity index (χ1) is 38.6. The lowest BCUT2D eigenvalue weighted by molar-refractivity contribution is -0.870. The number of carboxylic acids is 1. The van der Waals surface area contributed by atoms with Gasteiger partial charge in [0, 0.05) is 12.8 Å². The maximum Gasteiger partial charge on any atom is 0.306 e. The molecule has 9 heteroatoms. The molecule has 0 radical (unpaired) electrons. The van der Waals surface area contributed by atoms with Gasteiger partial charge in [0.25, 0.3) is 0 Å². The number of allylic oxidation sites excluding steroid dienone is 8. The molecule has 0 aromatic carbocycles. The summed E-state index contributed by atoms with van der Waals surface area (Å²) in [4.78, 5) is 37.4. The largest absolute Gasteiger partial charge is 0.545 e. The molecule has 0 bridgehead atoms. The van der Waals surface area contributed by atoms with Crippen molar-refractivity contribution < 1.29 is 42.9 Å². The van der Waals surface area contributed by atoms with Crippen molar-refractivity contribution >= 4 is 17.9 Å². The van der Waals surface area contributed by atoms with E-state index in [0.29, 0.717) is 17.4 Å². The molecule has 0 aliphatic heterocycles. The highest BCUT2D eigenvalue weighted by atomic mass is 16.7. The summed E-state index contributed by atoms with van der Waals surface area (Å²) >= 11 is 0. The monoisotopic (exact) mass is 1110 g/mol. The highest BCUT2D eigenvalue weighted by molar-refractivity contribution is 5.70. The van der Waals surface area contributed by atoms with Gasteiger partial charge in [0.15, 0.2) is 12.4 Å². The second-order valence-corrected chi connectivity index (χ2v) is 24.1. The molecule has 0 fully saturated rings. The fourth-order valence-corrected chi connectivity index (χ4v) is 9.94. The molecule has 0 aromatic heterocycles. The molecule has 0 aromatic rings. The van der Waals surface area contributed by atoms with Crippen LogP contribution < -0.4 is 5.11 Å². The van der Waals surface area contributed by atoms with Gasteiger partial charge in [-0.1, -0.05) is 306 Å². The van der Waals surface area contributed by atoms with Crippen LogP contribution in [0, 0.1) is 0 Å². The number of carbonyl (C=O) groups excluding carboxylic acids is 3. The Kier molecular flexibility index (Phi) is 59.2. The molecule has 462 valence electrons. The van der Waals surface area contributed by atoms with Gasteiger partial charge in [-0.05, 0) is 51.4 Å². The third-order valence-electron chi connectivity index (χ3n) is 15.1. The van der Waals surface area contributed by atoms with E-state index < -0.39 is 24.3 Å². The van der Waals surface area contributed by atoms with Crippen molar-refractivity contribution in [2.75, 3.05) is 47.5 Å². The molecule has 0 amide bonds. The molecule has 0 saturated heterocycles. The molecule has 0 aliphatic rings. The molecular weight excluding hydrogens is 983 g/mol. The van der Waals surface area contributed by atoms with Crippen LogP contribution in [-0.2, 0) is 33.3 Å². The van der Waals surface area contributed by atoms with Crippen molar-refractivity contribution in [2.45, 2.75) is 334 Å². The summed E-state index contributed by atoms with van der Waals surface area (Å²) in [6.45, 7) is 4.69. The zero-order chi connectivity index (χ0) is 57.6. The fraction of sp³-hybridized carbons (Fsp3) is 0.843. The van der Waals surface area contributed by atoms with Crippen LogP contribution in [0.3, 0.4) is 0 Å². The van der Waals surface area contributed by atoms with Crippen molar-refractivity contribution in [3.05, 3.63) is 48.6 Å². The minimum Gasteiger partial charge on any atom is -0.545 e. The number of carboxylic acid groups (broad SMARTS) is 1. The van der Waals surface area contributed by atoms with Crippen molar-refractivity contribution in [1.29, 1.82) is 0 Å². The second kappa shape index (κ2) is 61.3. The molecular formula is C70H129NO8. The zero-order valence-corrected chi connectivity index (χ0v) is 52.8. The van der Waals surface area contributed by atoms with Gasteiger partial charge in [0.1, 0.15) is 13.2 Å². The summed E-state index contributed by atoms with van der Waals surface area (Å²) in [7, 11) is 5.94. The molecule has 2 unspecified atom stereocenters. The van der Waals surface area contributed by atoms with Crippen LogP contribution in [0.2, 0.25) is 0 Å². The number of ether oxygens (including phenoxy) is 4. The quantitative estimate of drug-likeness (QED) is 0.0195. The Hall–Kier alpha value is -2.75. The highest BCUT2D eigenvalue weighted by Crippen LogP contribution is 2.18. The predicted molar refractivity (Wildman–Crippen MR) is 334 cm³/mol. The molecule has 0 heterocycles. The van der Waals surface area contributed by atoms with E-state index in [1.807, 2.05) is 21.1 Å². The molecule has 0 N–H and O–H groups in total.